The van der Waals surface area contributed by atoms with Gasteiger partial charge in [0.25, 0.3) is 0 Å². The highest BCUT2D eigenvalue weighted by atomic mass is 79.9. The molecule has 0 amide bonds. The monoisotopic (exact) mass is 310 g/mol. The summed E-state index contributed by atoms with van der Waals surface area (Å²) >= 11 is 3.20. The topological polar surface area (TPSA) is 29.5 Å². The molecule has 0 spiro atoms. The second kappa shape index (κ2) is 5.98. The van der Waals surface area contributed by atoms with Crippen molar-refractivity contribution in [1.29, 1.82) is 0 Å². The molecule has 2 rings (SSSR count). The normalized spacial score (nSPS) is 10.4. The predicted octanol–water partition coefficient (Wildman–Crippen LogP) is 3.66. The third-order valence-corrected chi connectivity index (χ3v) is 3.23. The van der Waals surface area contributed by atoms with Gasteiger partial charge >= 0.3 is 0 Å². The number of ether oxygens (including phenoxy) is 1. The molecule has 2 aromatic rings. The van der Waals surface area contributed by atoms with Crippen LogP contribution in [0.15, 0.2) is 46.9 Å². The number of halogens is 2. The van der Waals surface area contributed by atoms with Crippen molar-refractivity contribution in [3.05, 3.63) is 63.9 Å². The molecule has 94 valence electrons. The Labute approximate surface area is 113 Å². The Morgan fingerprint density at radius 3 is 2.50 bits per heavy atom. The first kappa shape index (κ1) is 13.1. The number of hydrogen-bond donors (Lipinski definition) is 1. The highest BCUT2D eigenvalue weighted by Crippen LogP contribution is 2.26. The van der Waals surface area contributed by atoms with Crippen LogP contribution < -0.4 is 4.74 Å². The molecule has 0 bridgehead atoms. The highest BCUT2D eigenvalue weighted by Gasteiger charge is 2.09. The summed E-state index contributed by atoms with van der Waals surface area (Å²) in [6.45, 7) is 0.0383. The molecule has 0 fully saturated rings. The van der Waals surface area contributed by atoms with Crippen LogP contribution in [0.25, 0.3) is 0 Å². The molecule has 0 aliphatic heterocycles. The molecule has 4 heteroatoms. The van der Waals surface area contributed by atoms with Crippen LogP contribution in [0.3, 0.4) is 0 Å². The van der Waals surface area contributed by atoms with E-state index < -0.39 is 5.82 Å². The molecule has 0 heterocycles. The van der Waals surface area contributed by atoms with Crippen molar-refractivity contribution >= 4 is 15.9 Å². The molecule has 0 saturated carbocycles. The molecule has 0 aliphatic carbocycles. The number of benzene rings is 2. The fraction of sp³-hybridized carbons (Fsp3) is 0.143. The highest BCUT2D eigenvalue weighted by molar-refractivity contribution is 9.10. The first-order valence-electron chi connectivity index (χ1n) is 5.46. The Morgan fingerprint density at radius 2 is 1.89 bits per heavy atom. The van der Waals surface area contributed by atoms with Gasteiger partial charge in [-0.2, -0.15) is 0 Å². The van der Waals surface area contributed by atoms with Crippen LogP contribution in [0.2, 0.25) is 0 Å². The SMILES string of the molecule is OCc1c(F)cc(OCc2ccccc2)cc1Br. The van der Waals surface area contributed by atoms with Crippen LogP contribution >= 0.6 is 15.9 Å². The van der Waals surface area contributed by atoms with Crippen LogP contribution in [0.5, 0.6) is 5.75 Å². The van der Waals surface area contributed by atoms with Crippen molar-refractivity contribution in [2.75, 3.05) is 0 Å². The van der Waals surface area contributed by atoms with Gasteiger partial charge in [-0.15, -0.1) is 0 Å². The average molecular weight is 311 g/mol. The standard InChI is InChI=1S/C14H12BrFO2/c15-13-6-11(7-14(16)12(13)8-17)18-9-10-4-2-1-3-5-10/h1-7,17H,8-9H2. The lowest BCUT2D eigenvalue weighted by Crippen LogP contribution is -1.98. The zero-order valence-corrected chi connectivity index (χ0v) is 11.2. The maximum Gasteiger partial charge on any atom is 0.133 e. The summed E-state index contributed by atoms with van der Waals surface area (Å²) in [6, 6.07) is 12.6. The Balaban J connectivity index is 2.11. The van der Waals surface area contributed by atoms with Gasteiger partial charge in [-0.05, 0) is 11.6 Å². The van der Waals surface area contributed by atoms with Crippen molar-refractivity contribution in [2.24, 2.45) is 0 Å². The molecule has 18 heavy (non-hydrogen) atoms. The van der Waals surface area contributed by atoms with E-state index in [1.165, 1.54) is 6.07 Å². The van der Waals surface area contributed by atoms with E-state index in [0.29, 0.717) is 16.8 Å². The van der Waals surface area contributed by atoms with E-state index in [2.05, 4.69) is 15.9 Å². The molecular formula is C14H12BrFO2. The third-order valence-electron chi connectivity index (χ3n) is 2.52. The lowest BCUT2D eigenvalue weighted by molar-refractivity contribution is 0.272. The van der Waals surface area contributed by atoms with Crippen LogP contribution in [-0.4, -0.2) is 5.11 Å². The van der Waals surface area contributed by atoms with E-state index in [0.717, 1.165) is 5.56 Å². The fourth-order valence-electron chi connectivity index (χ4n) is 1.56. The molecule has 0 aliphatic rings. The van der Waals surface area contributed by atoms with Crippen molar-refractivity contribution in [3.63, 3.8) is 0 Å². The van der Waals surface area contributed by atoms with Crippen molar-refractivity contribution in [2.45, 2.75) is 13.2 Å². The third kappa shape index (κ3) is 3.09. The van der Waals surface area contributed by atoms with Gasteiger partial charge in [0.2, 0.25) is 0 Å². The van der Waals surface area contributed by atoms with Crippen LogP contribution in [0, 0.1) is 5.82 Å². The van der Waals surface area contributed by atoms with E-state index in [4.69, 9.17) is 9.84 Å². The maximum atomic E-state index is 13.6. The molecule has 1 N–H and O–H groups in total. The van der Waals surface area contributed by atoms with Gasteiger partial charge in [-0.25, -0.2) is 4.39 Å². The quantitative estimate of drug-likeness (QED) is 0.934. The van der Waals surface area contributed by atoms with Crippen LogP contribution in [0.1, 0.15) is 11.1 Å². The van der Waals surface area contributed by atoms with Crippen molar-refractivity contribution in [1.82, 2.24) is 0 Å². The molecule has 0 aromatic heterocycles. The minimum atomic E-state index is -0.477. The molecule has 0 saturated heterocycles. The second-order valence-electron chi connectivity index (χ2n) is 3.80. The Morgan fingerprint density at radius 1 is 1.17 bits per heavy atom. The zero-order chi connectivity index (χ0) is 13.0. The van der Waals surface area contributed by atoms with Gasteiger partial charge in [0.05, 0.1) is 6.61 Å². The summed E-state index contributed by atoms with van der Waals surface area (Å²) in [5, 5.41) is 8.99. The molecular weight excluding hydrogens is 299 g/mol. The van der Waals surface area contributed by atoms with Crippen molar-refractivity contribution in [3.8, 4) is 5.75 Å². The number of aliphatic hydroxyl groups is 1. The fourth-order valence-corrected chi connectivity index (χ4v) is 2.10. The molecule has 0 unspecified atom stereocenters. The van der Waals surface area contributed by atoms with Gasteiger partial charge in [-0.1, -0.05) is 46.3 Å². The summed E-state index contributed by atoms with van der Waals surface area (Å²) < 4.78 is 19.6. The summed E-state index contributed by atoms with van der Waals surface area (Å²) in [5.74, 6) is -0.0460. The summed E-state index contributed by atoms with van der Waals surface area (Å²) in [7, 11) is 0. The Kier molecular flexibility index (Phi) is 4.33. The second-order valence-corrected chi connectivity index (χ2v) is 4.65. The number of hydrogen-bond acceptors (Lipinski definition) is 2. The largest absolute Gasteiger partial charge is 0.489 e. The van der Waals surface area contributed by atoms with Gasteiger partial charge in [-0.3, -0.25) is 0 Å². The first-order chi connectivity index (χ1) is 8.70. The first-order valence-corrected chi connectivity index (χ1v) is 6.25. The van der Waals surface area contributed by atoms with E-state index in [9.17, 15) is 4.39 Å². The summed E-state index contributed by atoms with van der Waals surface area (Å²) in [4.78, 5) is 0. The Bertz CT molecular complexity index is 506. The zero-order valence-electron chi connectivity index (χ0n) is 9.57. The van der Waals surface area contributed by atoms with Gasteiger partial charge < -0.3 is 9.84 Å². The van der Waals surface area contributed by atoms with Crippen LogP contribution in [-0.2, 0) is 13.2 Å². The lowest BCUT2D eigenvalue weighted by Gasteiger charge is -2.09. The van der Waals surface area contributed by atoms with E-state index in [1.54, 1.807) is 6.07 Å². The molecule has 2 nitrogen and oxygen atoms in total. The summed E-state index contributed by atoms with van der Waals surface area (Å²) in [5.41, 5.74) is 1.25. The lowest BCUT2D eigenvalue weighted by atomic mass is 10.2. The number of aliphatic hydroxyl groups excluding tert-OH is 1. The smallest absolute Gasteiger partial charge is 0.133 e. The number of rotatable bonds is 4. The van der Waals surface area contributed by atoms with Gasteiger partial charge in [0, 0.05) is 16.1 Å². The van der Waals surface area contributed by atoms with E-state index >= 15 is 0 Å². The predicted molar refractivity (Wildman–Crippen MR) is 70.8 cm³/mol. The summed E-state index contributed by atoms with van der Waals surface area (Å²) in [6.07, 6.45) is 0. The van der Waals surface area contributed by atoms with Gasteiger partial charge in [0.15, 0.2) is 0 Å². The average Bonchev–Trinajstić information content (AvgIpc) is 2.37. The molecule has 0 radical (unpaired) electrons. The minimum Gasteiger partial charge on any atom is -0.489 e. The van der Waals surface area contributed by atoms with Crippen molar-refractivity contribution < 1.29 is 14.2 Å². The molecule has 0 atom stereocenters. The minimum absolute atomic E-state index is 0.238. The van der Waals surface area contributed by atoms with E-state index in [1.807, 2.05) is 30.3 Å². The van der Waals surface area contributed by atoms with Gasteiger partial charge in [0.1, 0.15) is 18.2 Å². The molecule has 2 aromatic carbocycles. The Hall–Kier alpha value is -1.39. The van der Waals surface area contributed by atoms with Crippen LogP contribution in [0.4, 0.5) is 4.39 Å². The maximum absolute atomic E-state index is 13.6. The van der Waals surface area contributed by atoms with E-state index in [-0.39, 0.29) is 12.2 Å².